The molecule has 3 aromatic carbocycles. The fraction of sp³-hybridized carbons (Fsp3) is 0.0455. The molecule has 4 rings (SSSR count). The van der Waals surface area contributed by atoms with Crippen LogP contribution in [0.2, 0.25) is 0 Å². The number of carbonyl (C=O) groups excluding carboxylic acids is 1. The Labute approximate surface area is 141 Å². The van der Waals surface area contributed by atoms with Crippen LogP contribution in [0.1, 0.15) is 27.0 Å². The zero-order valence-electron chi connectivity index (χ0n) is 13.2. The molecule has 0 unspecified atom stereocenters. The normalized spacial score (nSPS) is 14.9. The number of fused-ring (bicyclic) bond motifs is 1. The van der Waals surface area contributed by atoms with Crippen molar-refractivity contribution in [1.29, 1.82) is 0 Å². The van der Waals surface area contributed by atoms with Gasteiger partial charge in [0.2, 0.25) is 0 Å². The third-order valence-corrected chi connectivity index (χ3v) is 4.26. The molecule has 0 bridgehead atoms. The molecule has 24 heavy (non-hydrogen) atoms. The zero-order chi connectivity index (χ0) is 16.4. The zero-order valence-corrected chi connectivity index (χ0v) is 13.2. The molecule has 0 N–H and O–H groups in total. The Bertz CT molecular complexity index is 898. The highest BCUT2D eigenvalue weighted by atomic mass is 16.2. The average molecular weight is 311 g/mol. The molecule has 0 spiro atoms. The monoisotopic (exact) mass is 311 g/mol. The fourth-order valence-electron chi connectivity index (χ4n) is 3.08. The lowest BCUT2D eigenvalue weighted by atomic mass is 10.1. The van der Waals surface area contributed by atoms with Crippen molar-refractivity contribution in [1.82, 2.24) is 4.90 Å². The summed E-state index contributed by atoms with van der Waals surface area (Å²) in [6, 6.07) is 28.1. The molecule has 0 fully saturated rings. The topological polar surface area (TPSA) is 20.3 Å². The molecular weight excluding hydrogens is 294 g/mol. The first kappa shape index (κ1) is 14.5. The van der Waals surface area contributed by atoms with Crippen molar-refractivity contribution in [2.75, 3.05) is 0 Å². The van der Waals surface area contributed by atoms with Crippen molar-refractivity contribution < 1.29 is 4.79 Å². The van der Waals surface area contributed by atoms with Crippen LogP contribution in [0.4, 0.5) is 0 Å². The molecule has 3 aromatic rings. The van der Waals surface area contributed by atoms with Gasteiger partial charge < -0.3 is 4.90 Å². The van der Waals surface area contributed by atoms with Crippen molar-refractivity contribution >= 4 is 17.7 Å². The quantitative estimate of drug-likeness (QED) is 0.677. The van der Waals surface area contributed by atoms with Gasteiger partial charge >= 0.3 is 0 Å². The van der Waals surface area contributed by atoms with Crippen LogP contribution in [0.25, 0.3) is 11.8 Å². The molecule has 1 heterocycles. The van der Waals surface area contributed by atoms with Crippen molar-refractivity contribution in [2.45, 2.75) is 6.54 Å². The van der Waals surface area contributed by atoms with Gasteiger partial charge in [0.15, 0.2) is 0 Å². The van der Waals surface area contributed by atoms with Gasteiger partial charge in [-0.05, 0) is 23.3 Å². The predicted molar refractivity (Wildman–Crippen MR) is 97.1 cm³/mol. The number of carbonyl (C=O) groups is 1. The second kappa shape index (κ2) is 6.17. The molecule has 0 atom stereocenters. The Morgan fingerprint density at radius 1 is 0.708 bits per heavy atom. The van der Waals surface area contributed by atoms with Crippen LogP contribution in [0, 0.1) is 0 Å². The molecule has 1 amide bonds. The van der Waals surface area contributed by atoms with E-state index in [4.69, 9.17) is 0 Å². The van der Waals surface area contributed by atoms with Gasteiger partial charge in [-0.25, -0.2) is 0 Å². The third kappa shape index (κ3) is 2.63. The standard InChI is InChI=1S/C22H17NO/c24-22-20-14-8-7-13-19(20)21(15-17-9-3-1-4-10-17)23(22)16-18-11-5-2-6-12-18/h1-15H,16H2. The van der Waals surface area contributed by atoms with Gasteiger partial charge in [0.25, 0.3) is 5.91 Å². The Morgan fingerprint density at radius 2 is 1.29 bits per heavy atom. The molecule has 1 aliphatic rings. The van der Waals surface area contributed by atoms with Crippen LogP contribution < -0.4 is 0 Å². The van der Waals surface area contributed by atoms with Crippen LogP contribution in [-0.4, -0.2) is 10.8 Å². The summed E-state index contributed by atoms with van der Waals surface area (Å²) in [6.45, 7) is 0.576. The first-order valence-electron chi connectivity index (χ1n) is 8.05. The number of benzene rings is 3. The number of hydrogen-bond donors (Lipinski definition) is 0. The molecule has 2 heteroatoms. The van der Waals surface area contributed by atoms with Crippen molar-refractivity contribution in [2.24, 2.45) is 0 Å². The fourth-order valence-corrected chi connectivity index (χ4v) is 3.08. The maximum absolute atomic E-state index is 12.9. The SMILES string of the molecule is O=C1c2ccccc2C(=Cc2ccccc2)N1Cc1ccccc1. The van der Waals surface area contributed by atoms with E-state index in [0.717, 1.165) is 28.0 Å². The van der Waals surface area contributed by atoms with Crippen molar-refractivity contribution in [3.8, 4) is 0 Å². The van der Waals surface area contributed by atoms with E-state index < -0.39 is 0 Å². The van der Waals surface area contributed by atoms with Crippen LogP contribution in [0.15, 0.2) is 84.9 Å². The lowest BCUT2D eigenvalue weighted by molar-refractivity contribution is 0.0843. The summed E-state index contributed by atoms with van der Waals surface area (Å²) in [6.07, 6.45) is 2.09. The Balaban J connectivity index is 1.79. The molecule has 0 aliphatic carbocycles. The Hall–Kier alpha value is -3.13. The number of nitrogens with zero attached hydrogens (tertiary/aromatic N) is 1. The van der Waals surface area contributed by atoms with Crippen LogP contribution in [-0.2, 0) is 6.54 Å². The largest absolute Gasteiger partial charge is 0.303 e. The van der Waals surface area contributed by atoms with Crippen molar-refractivity contribution in [3.05, 3.63) is 107 Å². The minimum absolute atomic E-state index is 0.0663. The van der Waals surface area contributed by atoms with Gasteiger partial charge in [-0.2, -0.15) is 0 Å². The summed E-state index contributed by atoms with van der Waals surface area (Å²) in [7, 11) is 0. The molecular formula is C22H17NO. The number of rotatable bonds is 3. The minimum atomic E-state index is 0.0663. The lowest BCUT2D eigenvalue weighted by Gasteiger charge is -2.19. The van der Waals surface area contributed by atoms with E-state index in [1.54, 1.807) is 0 Å². The van der Waals surface area contributed by atoms with E-state index in [2.05, 4.69) is 30.3 Å². The first-order chi connectivity index (χ1) is 11.8. The second-order valence-electron chi connectivity index (χ2n) is 5.86. The van der Waals surface area contributed by atoms with Gasteiger partial charge in [-0.15, -0.1) is 0 Å². The van der Waals surface area contributed by atoms with Gasteiger partial charge in [0.1, 0.15) is 0 Å². The van der Waals surface area contributed by atoms with Crippen molar-refractivity contribution in [3.63, 3.8) is 0 Å². The van der Waals surface area contributed by atoms with Gasteiger partial charge in [-0.1, -0.05) is 78.9 Å². The van der Waals surface area contributed by atoms with Gasteiger partial charge in [-0.3, -0.25) is 4.79 Å². The van der Waals surface area contributed by atoms with Gasteiger partial charge in [0, 0.05) is 11.1 Å². The summed E-state index contributed by atoms with van der Waals surface area (Å²) in [5.74, 6) is 0.0663. The van der Waals surface area contributed by atoms with E-state index in [9.17, 15) is 4.79 Å². The Morgan fingerprint density at radius 3 is 2.00 bits per heavy atom. The highest BCUT2D eigenvalue weighted by Gasteiger charge is 2.31. The number of amides is 1. The minimum Gasteiger partial charge on any atom is -0.303 e. The van der Waals surface area contributed by atoms with Crippen LogP contribution >= 0.6 is 0 Å². The van der Waals surface area contributed by atoms with Crippen LogP contribution in [0.5, 0.6) is 0 Å². The molecule has 1 aliphatic heterocycles. The van der Waals surface area contributed by atoms with E-state index in [1.807, 2.05) is 65.6 Å². The summed E-state index contributed by atoms with van der Waals surface area (Å²) < 4.78 is 0. The molecule has 0 radical (unpaired) electrons. The second-order valence-corrected chi connectivity index (χ2v) is 5.86. The highest BCUT2D eigenvalue weighted by molar-refractivity contribution is 6.11. The Kier molecular flexibility index (Phi) is 3.72. The summed E-state index contributed by atoms with van der Waals surface area (Å²) >= 11 is 0. The molecule has 0 saturated heterocycles. The summed E-state index contributed by atoms with van der Waals surface area (Å²) in [5, 5.41) is 0. The maximum Gasteiger partial charge on any atom is 0.259 e. The van der Waals surface area contributed by atoms with Gasteiger partial charge in [0.05, 0.1) is 12.2 Å². The summed E-state index contributed by atoms with van der Waals surface area (Å²) in [4.78, 5) is 14.8. The number of hydrogen-bond acceptors (Lipinski definition) is 1. The lowest BCUT2D eigenvalue weighted by Crippen LogP contribution is -2.22. The molecule has 116 valence electrons. The highest BCUT2D eigenvalue weighted by Crippen LogP contribution is 2.35. The predicted octanol–water partition coefficient (Wildman–Crippen LogP) is 4.84. The maximum atomic E-state index is 12.9. The third-order valence-electron chi connectivity index (χ3n) is 4.26. The summed E-state index contributed by atoms with van der Waals surface area (Å²) in [5.41, 5.74) is 4.95. The smallest absolute Gasteiger partial charge is 0.259 e. The van der Waals surface area contributed by atoms with E-state index in [0.29, 0.717) is 6.54 Å². The molecule has 0 aromatic heterocycles. The van der Waals surface area contributed by atoms with E-state index >= 15 is 0 Å². The van der Waals surface area contributed by atoms with E-state index in [1.165, 1.54) is 0 Å². The average Bonchev–Trinajstić information content (AvgIpc) is 2.90. The first-order valence-corrected chi connectivity index (χ1v) is 8.05. The molecule has 2 nitrogen and oxygen atoms in total. The van der Waals surface area contributed by atoms with E-state index in [-0.39, 0.29) is 5.91 Å². The van der Waals surface area contributed by atoms with Crippen LogP contribution in [0.3, 0.4) is 0 Å². The molecule has 0 saturated carbocycles.